The molecule has 1 saturated heterocycles. The highest BCUT2D eigenvalue weighted by atomic mass is 16.3. The SMILES string of the molecule is CCNC(=NCC1(CCO)CCCCC1)NCCCCN1CCCC(C)C1. The first-order valence-corrected chi connectivity index (χ1v) is 11.5. The predicted molar refractivity (Wildman–Crippen MR) is 115 cm³/mol. The Kier molecular flexibility index (Phi) is 10.5. The van der Waals surface area contributed by atoms with E-state index in [0.29, 0.717) is 0 Å². The molecule has 1 saturated carbocycles. The molecular formula is C22H44N4O. The summed E-state index contributed by atoms with van der Waals surface area (Å²) in [7, 11) is 0. The van der Waals surface area contributed by atoms with Crippen LogP contribution in [0.4, 0.5) is 0 Å². The van der Waals surface area contributed by atoms with Crippen LogP contribution in [0, 0.1) is 11.3 Å². The van der Waals surface area contributed by atoms with Crippen molar-refractivity contribution in [2.45, 2.75) is 78.1 Å². The van der Waals surface area contributed by atoms with E-state index in [4.69, 9.17) is 4.99 Å². The summed E-state index contributed by atoms with van der Waals surface area (Å²) < 4.78 is 0. The van der Waals surface area contributed by atoms with E-state index >= 15 is 0 Å². The van der Waals surface area contributed by atoms with Gasteiger partial charge in [0.25, 0.3) is 0 Å². The summed E-state index contributed by atoms with van der Waals surface area (Å²) >= 11 is 0. The van der Waals surface area contributed by atoms with Crippen molar-refractivity contribution < 1.29 is 5.11 Å². The van der Waals surface area contributed by atoms with Gasteiger partial charge in [0.1, 0.15) is 0 Å². The van der Waals surface area contributed by atoms with E-state index in [1.54, 1.807) is 0 Å². The van der Waals surface area contributed by atoms with E-state index in [1.165, 1.54) is 77.4 Å². The third kappa shape index (κ3) is 8.39. The minimum atomic E-state index is 0.223. The Bertz CT molecular complexity index is 415. The number of hydrogen-bond acceptors (Lipinski definition) is 3. The Balaban J connectivity index is 1.70. The Morgan fingerprint density at radius 3 is 2.67 bits per heavy atom. The number of aliphatic imine (C=N–C) groups is 1. The van der Waals surface area contributed by atoms with Gasteiger partial charge >= 0.3 is 0 Å². The third-order valence-electron chi connectivity index (χ3n) is 6.41. The number of aliphatic hydroxyl groups excluding tert-OH is 1. The van der Waals surface area contributed by atoms with Gasteiger partial charge in [0, 0.05) is 32.8 Å². The number of likely N-dealkylation sites (tertiary alicyclic amines) is 1. The minimum Gasteiger partial charge on any atom is -0.396 e. The van der Waals surface area contributed by atoms with Gasteiger partial charge in [-0.05, 0) is 76.3 Å². The lowest BCUT2D eigenvalue weighted by atomic mass is 9.72. The maximum Gasteiger partial charge on any atom is 0.191 e. The quantitative estimate of drug-likeness (QED) is 0.309. The molecular weight excluding hydrogens is 336 g/mol. The molecule has 2 fully saturated rings. The van der Waals surface area contributed by atoms with Gasteiger partial charge < -0.3 is 20.6 Å². The zero-order chi connectivity index (χ0) is 19.4. The van der Waals surface area contributed by atoms with Crippen LogP contribution >= 0.6 is 0 Å². The first kappa shape index (κ1) is 22.5. The second-order valence-electron chi connectivity index (χ2n) is 8.91. The molecule has 2 rings (SSSR count). The van der Waals surface area contributed by atoms with Crippen molar-refractivity contribution in [3.63, 3.8) is 0 Å². The number of nitrogens with one attached hydrogen (secondary N) is 2. The van der Waals surface area contributed by atoms with Crippen molar-refractivity contribution in [3.8, 4) is 0 Å². The van der Waals surface area contributed by atoms with Crippen molar-refractivity contribution >= 4 is 5.96 Å². The molecule has 1 atom stereocenters. The van der Waals surface area contributed by atoms with Gasteiger partial charge in [-0.2, -0.15) is 0 Å². The van der Waals surface area contributed by atoms with Crippen LogP contribution in [0.1, 0.15) is 78.1 Å². The van der Waals surface area contributed by atoms with Crippen LogP contribution < -0.4 is 10.6 Å². The second-order valence-corrected chi connectivity index (χ2v) is 8.91. The zero-order valence-corrected chi connectivity index (χ0v) is 17.9. The van der Waals surface area contributed by atoms with Crippen LogP contribution in [-0.2, 0) is 0 Å². The van der Waals surface area contributed by atoms with Crippen LogP contribution in [0.3, 0.4) is 0 Å². The van der Waals surface area contributed by atoms with Gasteiger partial charge in [0.15, 0.2) is 5.96 Å². The molecule has 0 aromatic rings. The lowest BCUT2D eigenvalue weighted by molar-refractivity contribution is 0.137. The van der Waals surface area contributed by atoms with Crippen LogP contribution in [0.5, 0.6) is 0 Å². The Morgan fingerprint density at radius 1 is 1.15 bits per heavy atom. The monoisotopic (exact) mass is 380 g/mol. The van der Waals surface area contributed by atoms with Gasteiger partial charge in [0.2, 0.25) is 0 Å². The molecule has 0 spiro atoms. The van der Waals surface area contributed by atoms with Crippen molar-refractivity contribution in [2.24, 2.45) is 16.3 Å². The van der Waals surface area contributed by atoms with E-state index in [0.717, 1.165) is 37.9 Å². The summed E-state index contributed by atoms with van der Waals surface area (Å²) in [6.07, 6.45) is 12.4. The molecule has 3 N–H and O–H groups in total. The van der Waals surface area contributed by atoms with Gasteiger partial charge in [0.05, 0.1) is 0 Å². The smallest absolute Gasteiger partial charge is 0.191 e. The largest absolute Gasteiger partial charge is 0.396 e. The molecule has 0 bridgehead atoms. The number of guanidine groups is 1. The van der Waals surface area contributed by atoms with Crippen molar-refractivity contribution in [3.05, 3.63) is 0 Å². The molecule has 0 aromatic carbocycles. The Hall–Kier alpha value is -0.810. The number of piperidine rings is 1. The molecule has 5 heteroatoms. The fourth-order valence-electron chi connectivity index (χ4n) is 4.77. The van der Waals surface area contributed by atoms with Gasteiger partial charge in [-0.15, -0.1) is 0 Å². The molecule has 1 aliphatic carbocycles. The van der Waals surface area contributed by atoms with E-state index in [1.807, 2.05) is 0 Å². The first-order valence-electron chi connectivity index (χ1n) is 11.5. The van der Waals surface area contributed by atoms with Gasteiger partial charge in [-0.3, -0.25) is 4.99 Å². The Morgan fingerprint density at radius 2 is 1.96 bits per heavy atom. The number of unbranched alkanes of at least 4 members (excludes halogenated alkanes) is 1. The first-order chi connectivity index (χ1) is 13.2. The van der Waals surface area contributed by atoms with E-state index in [9.17, 15) is 5.11 Å². The summed E-state index contributed by atoms with van der Waals surface area (Å²) in [5.41, 5.74) is 0.223. The van der Waals surface area contributed by atoms with Crippen molar-refractivity contribution in [2.75, 3.05) is 45.9 Å². The molecule has 5 nitrogen and oxygen atoms in total. The minimum absolute atomic E-state index is 0.223. The molecule has 0 aromatic heterocycles. The summed E-state index contributed by atoms with van der Waals surface area (Å²) in [5.74, 6) is 1.82. The van der Waals surface area contributed by atoms with Crippen molar-refractivity contribution in [1.29, 1.82) is 0 Å². The van der Waals surface area contributed by atoms with Crippen LogP contribution in [-0.4, -0.2) is 61.8 Å². The number of nitrogens with zero attached hydrogens (tertiary/aromatic N) is 2. The van der Waals surface area contributed by atoms with Crippen LogP contribution in [0.25, 0.3) is 0 Å². The molecule has 1 heterocycles. The standard InChI is InChI=1S/C22H44N4O/c1-3-23-21(25-19-22(13-17-27)11-5-4-6-12-22)24-14-7-8-15-26-16-9-10-20(2)18-26/h20,27H,3-19H2,1-2H3,(H2,23,24,25). The fraction of sp³-hybridized carbons (Fsp3) is 0.955. The van der Waals surface area contributed by atoms with Crippen LogP contribution in [0.15, 0.2) is 4.99 Å². The highest BCUT2D eigenvalue weighted by molar-refractivity contribution is 5.79. The molecule has 27 heavy (non-hydrogen) atoms. The van der Waals surface area contributed by atoms with E-state index < -0.39 is 0 Å². The number of aliphatic hydroxyl groups is 1. The normalized spacial score (nSPS) is 24.0. The highest BCUT2D eigenvalue weighted by Gasteiger charge is 2.31. The van der Waals surface area contributed by atoms with Gasteiger partial charge in [-0.1, -0.05) is 26.2 Å². The molecule has 1 unspecified atom stereocenters. The maximum absolute atomic E-state index is 9.49. The zero-order valence-electron chi connectivity index (χ0n) is 17.9. The summed E-state index contributed by atoms with van der Waals surface area (Å²) in [4.78, 5) is 7.53. The highest BCUT2D eigenvalue weighted by Crippen LogP contribution is 2.39. The average Bonchev–Trinajstić information content (AvgIpc) is 2.67. The predicted octanol–water partition coefficient (Wildman–Crippen LogP) is 3.39. The lowest BCUT2D eigenvalue weighted by Crippen LogP contribution is -2.40. The molecule has 0 amide bonds. The Labute approximate surface area is 167 Å². The molecule has 2 aliphatic rings. The fourth-order valence-corrected chi connectivity index (χ4v) is 4.77. The summed E-state index contributed by atoms with van der Waals surface area (Å²) in [6, 6.07) is 0. The van der Waals surface area contributed by atoms with Crippen LogP contribution in [0.2, 0.25) is 0 Å². The molecule has 1 aliphatic heterocycles. The summed E-state index contributed by atoms with van der Waals surface area (Å²) in [5, 5.41) is 16.4. The second kappa shape index (κ2) is 12.6. The van der Waals surface area contributed by atoms with E-state index in [2.05, 4.69) is 29.4 Å². The maximum atomic E-state index is 9.49. The van der Waals surface area contributed by atoms with Crippen molar-refractivity contribution in [1.82, 2.24) is 15.5 Å². The number of rotatable bonds is 10. The third-order valence-corrected chi connectivity index (χ3v) is 6.41. The average molecular weight is 381 g/mol. The molecule has 0 radical (unpaired) electrons. The summed E-state index contributed by atoms with van der Waals surface area (Å²) in [6.45, 7) is 11.3. The number of hydrogen-bond donors (Lipinski definition) is 3. The topological polar surface area (TPSA) is 59.9 Å². The van der Waals surface area contributed by atoms with E-state index in [-0.39, 0.29) is 12.0 Å². The lowest BCUT2D eigenvalue weighted by Gasteiger charge is -2.35. The molecule has 158 valence electrons. The van der Waals surface area contributed by atoms with Gasteiger partial charge in [-0.25, -0.2) is 0 Å².